The summed E-state index contributed by atoms with van der Waals surface area (Å²) in [4.78, 5) is 16.3. The van der Waals surface area contributed by atoms with Gasteiger partial charge in [0.15, 0.2) is 5.82 Å². The fourth-order valence-corrected chi connectivity index (χ4v) is 1.97. The summed E-state index contributed by atoms with van der Waals surface area (Å²) in [5.41, 5.74) is 5.56. The van der Waals surface area contributed by atoms with Crippen molar-refractivity contribution in [3.05, 3.63) is 18.2 Å². The van der Waals surface area contributed by atoms with Crippen LogP contribution in [0.15, 0.2) is 12.4 Å². The maximum atomic E-state index is 12.1. The normalized spacial score (nSPS) is 13.9. The van der Waals surface area contributed by atoms with Gasteiger partial charge in [0.25, 0.3) is 0 Å². The van der Waals surface area contributed by atoms with Crippen molar-refractivity contribution in [3.63, 3.8) is 0 Å². The van der Waals surface area contributed by atoms with Gasteiger partial charge in [0.1, 0.15) is 11.0 Å². The van der Waals surface area contributed by atoms with E-state index in [9.17, 15) is 4.79 Å². The highest BCUT2D eigenvalue weighted by Crippen LogP contribution is 2.10. The van der Waals surface area contributed by atoms with Crippen molar-refractivity contribution in [3.8, 4) is 0 Å². The van der Waals surface area contributed by atoms with Gasteiger partial charge >= 0.3 is 0 Å². The second-order valence-corrected chi connectivity index (χ2v) is 4.84. The lowest BCUT2D eigenvalue weighted by molar-refractivity contribution is -0.124. The summed E-state index contributed by atoms with van der Waals surface area (Å²) in [6, 6.07) is -0.204. The van der Waals surface area contributed by atoms with Gasteiger partial charge in [-0.3, -0.25) is 4.79 Å². The molecular weight excluding hydrogens is 248 g/mol. The number of carbonyl (C=O) groups is 1. The molecule has 0 aliphatic rings. The van der Waals surface area contributed by atoms with Crippen LogP contribution in [0.3, 0.4) is 0 Å². The SMILES string of the molecule is CCCC(C)NC(=O)C(C)n1ccnc1C(N)=S. The molecule has 2 atom stereocenters. The Morgan fingerprint density at radius 3 is 2.83 bits per heavy atom. The molecule has 0 spiro atoms. The Morgan fingerprint density at radius 1 is 1.61 bits per heavy atom. The molecule has 0 aliphatic carbocycles. The molecule has 1 heterocycles. The topological polar surface area (TPSA) is 72.9 Å². The van der Waals surface area contributed by atoms with E-state index in [0.29, 0.717) is 5.82 Å². The lowest BCUT2D eigenvalue weighted by atomic mass is 10.2. The molecule has 1 aromatic heterocycles. The van der Waals surface area contributed by atoms with Gasteiger partial charge in [0, 0.05) is 18.4 Å². The molecule has 0 saturated carbocycles. The first-order valence-corrected chi connectivity index (χ1v) is 6.51. The van der Waals surface area contributed by atoms with Gasteiger partial charge in [0.2, 0.25) is 5.91 Å². The third-order valence-electron chi connectivity index (χ3n) is 2.80. The van der Waals surface area contributed by atoms with Crippen LogP contribution < -0.4 is 11.1 Å². The van der Waals surface area contributed by atoms with Crippen LogP contribution in [0, 0.1) is 0 Å². The minimum atomic E-state index is -0.372. The molecule has 3 N–H and O–H groups in total. The third kappa shape index (κ3) is 3.53. The Bertz CT molecular complexity index is 429. The first-order valence-electron chi connectivity index (χ1n) is 6.10. The zero-order valence-electron chi connectivity index (χ0n) is 11.0. The summed E-state index contributed by atoms with van der Waals surface area (Å²) in [5, 5.41) is 2.96. The number of imidazole rings is 1. The lowest BCUT2D eigenvalue weighted by Gasteiger charge is -2.19. The number of amides is 1. The van der Waals surface area contributed by atoms with E-state index >= 15 is 0 Å². The van der Waals surface area contributed by atoms with Crippen molar-refractivity contribution in [1.82, 2.24) is 14.9 Å². The van der Waals surface area contributed by atoms with E-state index in [0.717, 1.165) is 12.8 Å². The molecule has 1 amide bonds. The fraction of sp³-hybridized carbons (Fsp3) is 0.583. The summed E-state index contributed by atoms with van der Waals surface area (Å²) in [5.74, 6) is 0.419. The molecule has 0 saturated heterocycles. The smallest absolute Gasteiger partial charge is 0.243 e. The van der Waals surface area contributed by atoms with Crippen LogP contribution in [0.5, 0.6) is 0 Å². The molecule has 18 heavy (non-hydrogen) atoms. The Kier molecular flexibility index (Phi) is 5.27. The Balaban J connectivity index is 2.74. The maximum absolute atomic E-state index is 12.1. The largest absolute Gasteiger partial charge is 0.387 e. The first kappa shape index (κ1) is 14.6. The highest BCUT2D eigenvalue weighted by Gasteiger charge is 2.19. The van der Waals surface area contributed by atoms with Gasteiger partial charge < -0.3 is 15.6 Å². The Hall–Kier alpha value is -1.43. The van der Waals surface area contributed by atoms with Crippen LogP contribution >= 0.6 is 12.2 Å². The van der Waals surface area contributed by atoms with E-state index in [1.807, 2.05) is 6.92 Å². The predicted octanol–water partition coefficient (Wildman–Crippen LogP) is 1.38. The van der Waals surface area contributed by atoms with Crippen molar-refractivity contribution in [2.45, 2.75) is 45.7 Å². The van der Waals surface area contributed by atoms with Crippen LogP contribution in [0.25, 0.3) is 0 Å². The van der Waals surface area contributed by atoms with Gasteiger partial charge in [0.05, 0.1) is 0 Å². The first-order chi connectivity index (χ1) is 8.47. The van der Waals surface area contributed by atoms with Crippen LogP contribution in [0.2, 0.25) is 0 Å². The van der Waals surface area contributed by atoms with Crippen LogP contribution in [-0.2, 0) is 4.79 Å². The monoisotopic (exact) mass is 268 g/mol. The number of thiocarbonyl (C=S) groups is 1. The van der Waals surface area contributed by atoms with E-state index in [2.05, 4.69) is 17.2 Å². The Labute approximate surface area is 113 Å². The highest BCUT2D eigenvalue weighted by molar-refractivity contribution is 7.80. The summed E-state index contributed by atoms with van der Waals surface area (Å²) < 4.78 is 1.69. The highest BCUT2D eigenvalue weighted by atomic mass is 32.1. The molecule has 1 aromatic rings. The second kappa shape index (κ2) is 6.49. The van der Waals surface area contributed by atoms with Crippen molar-refractivity contribution in [2.24, 2.45) is 5.73 Å². The van der Waals surface area contributed by atoms with E-state index in [-0.39, 0.29) is 23.0 Å². The molecule has 0 aliphatic heterocycles. The molecule has 0 bridgehead atoms. The summed E-state index contributed by atoms with van der Waals surface area (Å²) >= 11 is 4.90. The molecule has 1 rings (SSSR count). The number of nitrogens with zero attached hydrogens (tertiary/aromatic N) is 2. The number of hydrogen-bond donors (Lipinski definition) is 2. The molecule has 100 valence electrons. The van der Waals surface area contributed by atoms with E-state index in [1.165, 1.54) is 0 Å². The minimum absolute atomic E-state index is 0.0496. The molecule has 5 nitrogen and oxygen atoms in total. The summed E-state index contributed by atoms with van der Waals surface area (Å²) in [7, 11) is 0. The van der Waals surface area contributed by atoms with E-state index in [4.69, 9.17) is 18.0 Å². The minimum Gasteiger partial charge on any atom is -0.387 e. The number of carbonyl (C=O) groups excluding carboxylic acids is 1. The van der Waals surface area contributed by atoms with Crippen LogP contribution in [0.4, 0.5) is 0 Å². The van der Waals surface area contributed by atoms with Crippen molar-refractivity contribution < 1.29 is 4.79 Å². The average Bonchev–Trinajstić information content (AvgIpc) is 2.76. The summed E-state index contributed by atoms with van der Waals surface area (Å²) in [6.45, 7) is 5.89. The van der Waals surface area contributed by atoms with Crippen molar-refractivity contribution in [2.75, 3.05) is 0 Å². The zero-order valence-corrected chi connectivity index (χ0v) is 11.8. The van der Waals surface area contributed by atoms with Crippen molar-refractivity contribution in [1.29, 1.82) is 0 Å². The van der Waals surface area contributed by atoms with Gasteiger partial charge in [-0.2, -0.15) is 0 Å². The molecule has 0 aromatic carbocycles. The number of nitrogens with two attached hydrogens (primary N) is 1. The standard InChI is InChI=1S/C12H20N4OS/c1-4-5-8(2)15-12(17)9(3)16-7-6-14-11(16)10(13)18/h6-9H,4-5H2,1-3H3,(H2,13,18)(H,15,17). The number of hydrogen-bond acceptors (Lipinski definition) is 3. The van der Waals surface area contributed by atoms with Gasteiger partial charge in [-0.1, -0.05) is 25.6 Å². The lowest BCUT2D eigenvalue weighted by Crippen LogP contribution is -2.38. The van der Waals surface area contributed by atoms with Crippen LogP contribution in [0.1, 0.15) is 45.5 Å². The van der Waals surface area contributed by atoms with Gasteiger partial charge in [-0.05, 0) is 20.3 Å². The van der Waals surface area contributed by atoms with Gasteiger partial charge in [-0.25, -0.2) is 4.98 Å². The van der Waals surface area contributed by atoms with Crippen molar-refractivity contribution >= 4 is 23.1 Å². The average molecular weight is 268 g/mol. The third-order valence-corrected chi connectivity index (χ3v) is 2.98. The van der Waals surface area contributed by atoms with Gasteiger partial charge in [-0.15, -0.1) is 0 Å². The molecule has 6 heteroatoms. The molecule has 0 fully saturated rings. The number of nitrogens with one attached hydrogen (secondary N) is 1. The summed E-state index contributed by atoms with van der Waals surface area (Å²) in [6.07, 6.45) is 5.31. The number of rotatable bonds is 6. The number of aromatic nitrogens is 2. The maximum Gasteiger partial charge on any atom is 0.243 e. The molecular formula is C12H20N4OS. The van der Waals surface area contributed by atoms with E-state index in [1.54, 1.807) is 23.9 Å². The van der Waals surface area contributed by atoms with E-state index < -0.39 is 0 Å². The second-order valence-electron chi connectivity index (χ2n) is 4.40. The van der Waals surface area contributed by atoms with Crippen LogP contribution in [-0.4, -0.2) is 26.5 Å². The quantitative estimate of drug-likeness (QED) is 0.765. The Morgan fingerprint density at radius 2 is 2.28 bits per heavy atom. The zero-order chi connectivity index (χ0) is 13.7. The molecule has 2 unspecified atom stereocenters. The predicted molar refractivity (Wildman–Crippen MR) is 75.3 cm³/mol. The fourth-order valence-electron chi connectivity index (χ4n) is 1.81. The molecule has 0 radical (unpaired) electrons.